The van der Waals surface area contributed by atoms with E-state index in [1.54, 1.807) is 0 Å². The molecule has 19 heavy (non-hydrogen) atoms. The number of nitrogens with zero attached hydrogens (tertiary/aromatic N) is 1. The van der Waals surface area contributed by atoms with Gasteiger partial charge in [0.1, 0.15) is 0 Å². The van der Waals surface area contributed by atoms with Gasteiger partial charge in [-0.05, 0) is 30.4 Å². The Bertz CT molecular complexity index is 231. The van der Waals surface area contributed by atoms with Gasteiger partial charge in [-0.2, -0.15) is 11.8 Å². The van der Waals surface area contributed by atoms with Gasteiger partial charge < -0.3 is 5.32 Å². The molecule has 0 aromatic heterocycles. The zero-order chi connectivity index (χ0) is 14.3. The van der Waals surface area contributed by atoms with Gasteiger partial charge in [0.2, 0.25) is 0 Å². The summed E-state index contributed by atoms with van der Waals surface area (Å²) < 4.78 is 0. The van der Waals surface area contributed by atoms with Crippen molar-refractivity contribution in [2.75, 3.05) is 31.1 Å². The molecule has 0 bridgehead atoms. The molecule has 2 unspecified atom stereocenters. The summed E-state index contributed by atoms with van der Waals surface area (Å²) in [6.45, 7) is 15.3. The molecule has 1 fully saturated rings. The Morgan fingerprint density at radius 3 is 2.42 bits per heavy atom. The lowest BCUT2D eigenvalue weighted by Gasteiger charge is -2.41. The molecule has 1 heterocycles. The van der Waals surface area contributed by atoms with E-state index >= 15 is 0 Å². The Kier molecular flexibility index (Phi) is 8.43. The second-order valence-electron chi connectivity index (χ2n) is 6.71. The average molecular weight is 287 g/mol. The maximum absolute atomic E-state index is 3.78. The summed E-state index contributed by atoms with van der Waals surface area (Å²) in [6.07, 6.45) is 2.64. The number of hydrogen-bond acceptors (Lipinski definition) is 3. The Morgan fingerprint density at radius 2 is 1.84 bits per heavy atom. The van der Waals surface area contributed by atoms with Crippen molar-refractivity contribution in [3.05, 3.63) is 0 Å². The fourth-order valence-corrected chi connectivity index (χ4v) is 3.68. The van der Waals surface area contributed by atoms with E-state index in [-0.39, 0.29) is 0 Å². The van der Waals surface area contributed by atoms with Crippen LogP contribution in [0.4, 0.5) is 0 Å². The van der Waals surface area contributed by atoms with E-state index in [1.807, 2.05) is 0 Å². The van der Waals surface area contributed by atoms with Crippen molar-refractivity contribution in [2.45, 2.75) is 59.5 Å². The molecule has 2 atom stereocenters. The number of rotatable bonds is 8. The molecule has 0 saturated carbocycles. The zero-order valence-electron chi connectivity index (χ0n) is 13.6. The number of thioether (sulfide) groups is 1. The van der Waals surface area contributed by atoms with Crippen LogP contribution in [0, 0.1) is 11.8 Å². The van der Waals surface area contributed by atoms with Crippen molar-refractivity contribution in [3.63, 3.8) is 0 Å². The third-order valence-corrected chi connectivity index (χ3v) is 4.72. The van der Waals surface area contributed by atoms with E-state index in [0.717, 1.165) is 17.9 Å². The molecule has 1 N–H and O–H groups in total. The Labute approximate surface area is 125 Å². The Hall–Kier alpha value is 0.270. The third kappa shape index (κ3) is 7.01. The highest BCUT2D eigenvalue weighted by atomic mass is 32.2. The summed E-state index contributed by atoms with van der Waals surface area (Å²) >= 11 is 2.08. The molecule has 0 aromatic rings. The summed E-state index contributed by atoms with van der Waals surface area (Å²) in [5.74, 6) is 4.14. The number of piperazine rings is 1. The second kappa shape index (κ2) is 9.25. The number of hydrogen-bond donors (Lipinski definition) is 1. The highest BCUT2D eigenvalue weighted by molar-refractivity contribution is 7.99. The first-order chi connectivity index (χ1) is 9.02. The molecule has 0 radical (unpaired) electrons. The van der Waals surface area contributed by atoms with Crippen LogP contribution in [-0.4, -0.2) is 48.1 Å². The van der Waals surface area contributed by atoms with Crippen LogP contribution >= 0.6 is 11.8 Å². The molecule has 1 aliphatic rings. The monoisotopic (exact) mass is 286 g/mol. The predicted octanol–water partition coefficient (Wildman–Crippen LogP) is 3.47. The number of nitrogens with one attached hydrogen (secondary N) is 1. The first kappa shape index (κ1) is 17.3. The minimum Gasteiger partial charge on any atom is -0.311 e. The lowest BCUT2D eigenvalue weighted by Crippen LogP contribution is -2.57. The van der Waals surface area contributed by atoms with Crippen molar-refractivity contribution in [3.8, 4) is 0 Å². The van der Waals surface area contributed by atoms with E-state index in [4.69, 9.17) is 0 Å². The Balaban J connectivity index is 2.47. The van der Waals surface area contributed by atoms with Gasteiger partial charge in [-0.3, -0.25) is 4.90 Å². The van der Waals surface area contributed by atoms with Gasteiger partial charge in [0.05, 0.1) is 0 Å². The highest BCUT2D eigenvalue weighted by Gasteiger charge is 2.28. The van der Waals surface area contributed by atoms with Crippen molar-refractivity contribution in [1.29, 1.82) is 0 Å². The second-order valence-corrected chi connectivity index (χ2v) is 8.10. The van der Waals surface area contributed by atoms with Gasteiger partial charge in [0, 0.05) is 37.5 Å². The minimum absolute atomic E-state index is 0.704. The first-order valence-corrected chi connectivity index (χ1v) is 9.23. The summed E-state index contributed by atoms with van der Waals surface area (Å²) in [7, 11) is 0. The molecular weight excluding hydrogens is 252 g/mol. The van der Waals surface area contributed by atoms with Crippen LogP contribution in [0.2, 0.25) is 0 Å². The summed E-state index contributed by atoms with van der Waals surface area (Å²) in [5, 5.41) is 3.78. The van der Waals surface area contributed by atoms with Crippen LogP contribution in [0.1, 0.15) is 47.5 Å². The predicted molar refractivity (Wildman–Crippen MR) is 89.1 cm³/mol. The summed E-state index contributed by atoms with van der Waals surface area (Å²) in [6, 6.07) is 1.45. The zero-order valence-corrected chi connectivity index (χ0v) is 14.4. The molecule has 0 aliphatic carbocycles. The van der Waals surface area contributed by atoms with Gasteiger partial charge in [-0.15, -0.1) is 0 Å². The smallest absolute Gasteiger partial charge is 0.0224 e. The summed E-state index contributed by atoms with van der Waals surface area (Å²) in [4.78, 5) is 2.76. The van der Waals surface area contributed by atoms with Gasteiger partial charge in [-0.25, -0.2) is 0 Å². The first-order valence-electron chi connectivity index (χ1n) is 8.08. The van der Waals surface area contributed by atoms with Gasteiger partial charge >= 0.3 is 0 Å². The quantitative estimate of drug-likeness (QED) is 0.688. The van der Waals surface area contributed by atoms with E-state index in [0.29, 0.717) is 6.04 Å². The molecule has 2 nitrogen and oxygen atoms in total. The fraction of sp³-hybridized carbons (Fsp3) is 1.00. The molecule has 1 rings (SSSR count). The molecule has 0 amide bonds. The summed E-state index contributed by atoms with van der Waals surface area (Å²) in [5.41, 5.74) is 0. The van der Waals surface area contributed by atoms with Crippen molar-refractivity contribution in [2.24, 2.45) is 11.8 Å². The van der Waals surface area contributed by atoms with Crippen molar-refractivity contribution in [1.82, 2.24) is 10.2 Å². The fourth-order valence-electron chi connectivity index (χ4n) is 3.03. The van der Waals surface area contributed by atoms with Crippen molar-refractivity contribution >= 4 is 11.8 Å². The molecule has 0 spiro atoms. The van der Waals surface area contributed by atoms with Crippen LogP contribution in [-0.2, 0) is 0 Å². The van der Waals surface area contributed by atoms with E-state index in [9.17, 15) is 0 Å². The van der Waals surface area contributed by atoms with Crippen LogP contribution in [0.25, 0.3) is 0 Å². The van der Waals surface area contributed by atoms with E-state index in [1.165, 1.54) is 44.0 Å². The maximum Gasteiger partial charge on any atom is 0.0224 e. The molecule has 0 aromatic carbocycles. The molecular formula is C16H34N2S. The maximum atomic E-state index is 3.78. The SMILES string of the molecule is CCSCCN1CC(CC(C)C)NCC1CC(C)C. The van der Waals surface area contributed by atoms with Gasteiger partial charge in [0.15, 0.2) is 0 Å². The minimum atomic E-state index is 0.704. The molecule has 114 valence electrons. The Morgan fingerprint density at radius 1 is 1.16 bits per heavy atom. The van der Waals surface area contributed by atoms with E-state index in [2.05, 4.69) is 56.6 Å². The highest BCUT2D eigenvalue weighted by Crippen LogP contribution is 2.19. The van der Waals surface area contributed by atoms with E-state index < -0.39 is 0 Å². The standard InChI is InChI=1S/C16H34N2S/c1-6-19-8-7-18-12-15(9-13(2)3)17-11-16(18)10-14(4)5/h13-17H,6-12H2,1-5H3. The van der Waals surface area contributed by atoms with Crippen LogP contribution in [0.3, 0.4) is 0 Å². The van der Waals surface area contributed by atoms with Crippen LogP contribution in [0.15, 0.2) is 0 Å². The van der Waals surface area contributed by atoms with Crippen molar-refractivity contribution < 1.29 is 0 Å². The van der Waals surface area contributed by atoms with Crippen LogP contribution < -0.4 is 5.32 Å². The normalized spacial score (nSPS) is 25.4. The largest absolute Gasteiger partial charge is 0.311 e. The molecule has 1 saturated heterocycles. The van der Waals surface area contributed by atoms with Gasteiger partial charge in [-0.1, -0.05) is 34.6 Å². The van der Waals surface area contributed by atoms with Crippen LogP contribution in [0.5, 0.6) is 0 Å². The third-order valence-electron chi connectivity index (χ3n) is 3.84. The topological polar surface area (TPSA) is 15.3 Å². The lowest BCUT2D eigenvalue weighted by atomic mass is 9.96. The lowest BCUT2D eigenvalue weighted by molar-refractivity contribution is 0.114. The average Bonchev–Trinajstić information content (AvgIpc) is 2.31. The van der Waals surface area contributed by atoms with Gasteiger partial charge in [0.25, 0.3) is 0 Å². The molecule has 1 aliphatic heterocycles. The molecule has 3 heteroatoms.